The average molecular weight is 432 g/mol. The molecule has 9 heteroatoms. The molecular formula is C23H24N6O3. The lowest BCUT2D eigenvalue weighted by Gasteiger charge is -2.37. The van der Waals surface area contributed by atoms with Gasteiger partial charge in [0.15, 0.2) is 0 Å². The molecule has 1 aromatic carbocycles. The molecule has 4 rings (SSSR count). The third-order valence-corrected chi connectivity index (χ3v) is 5.10. The van der Waals surface area contributed by atoms with Gasteiger partial charge in [-0.25, -0.2) is 9.79 Å². The Hall–Kier alpha value is -3.90. The fraction of sp³-hybridized carbons (Fsp3) is 0.304. The lowest BCUT2D eigenvalue weighted by molar-refractivity contribution is -0.146. The van der Waals surface area contributed by atoms with Gasteiger partial charge in [-0.1, -0.05) is 12.1 Å². The van der Waals surface area contributed by atoms with Gasteiger partial charge >= 0.3 is 5.97 Å². The molecule has 1 saturated heterocycles. The van der Waals surface area contributed by atoms with Crippen molar-refractivity contribution in [3.05, 3.63) is 66.0 Å². The van der Waals surface area contributed by atoms with Crippen LogP contribution in [0.2, 0.25) is 0 Å². The van der Waals surface area contributed by atoms with Crippen LogP contribution in [-0.4, -0.2) is 60.4 Å². The van der Waals surface area contributed by atoms with Gasteiger partial charge in [0.05, 0.1) is 31.5 Å². The first-order chi connectivity index (χ1) is 15.6. The second-order valence-electron chi connectivity index (χ2n) is 7.26. The maximum absolute atomic E-state index is 13.3. The Bertz CT molecular complexity index is 1070. The summed E-state index contributed by atoms with van der Waals surface area (Å²) in [6.07, 6.45) is 4.97. The van der Waals surface area contributed by atoms with Crippen LogP contribution in [0.4, 0.5) is 5.69 Å². The van der Waals surface area contributed by atoms with E-state index < -0.39 is 11.6 Å². The van der Waals surface area contributed by atoms with Crippen LogP contribution in [0.1, 0.15) is 18.1 Å². The van der Waals surface area contributed by atoms with Crippen LogP contribution in [0, 0.1) is 11.3 Å². The van der Waals surface area contributed by atoms with Gasteiger partial charge in [-0.3, -0.25) is 4.98 Å². The molecule has 0 amide bonds. The Morgan fingerprint density at radius 3 is 2.81 bits per heavy atom. The molecule has 3 heterocycles. The van der Waals surface area contributed by atoms with E-state index in [9.17, 15) is 10.1 Å². The molecule has 2 N–H and O–H groups in total. The fourth-order valence-electron chi connectivity index (χ4n) is 3.55. The average Bonchev–Trinajstić information content (AvgIpc) is 2.85. The maximum Gasteiger partial charge on any atom is 0.359 e. The number of pyridine rings is 1. The fourth-order valence-corrected chi connectivity index (χ4v) is 3.55. The summed E-state index contributed by atoms with van der Waals surface area (Å²) in [4.78, 5) is 24.1. The number of carbonyl (C=O) groups is 1. The summed E-state index contributed by atoms with van der Waals surface area (Å²) in [5.74, 6) is 0.000722. The second-order valence-corrected chi connectivity index (χ2v) is 7.26. The minimum absolute atomic E-state index is 0.210. The number of benzene rings is 1. The highest BCUT2D eigenvalue weighted by molar-refractivity contribution is 5.99. The molecule has 164 valence electrons. The Kier molecular flexibility index (Phi) is 6.33. The first-order valence-electron chi connectivity index (χ1n) is 10.4. The van der Waals surface area contributed by atoms with Gasteiger partial charge in [0.25, 0.3) is 5.66 Å². The Labute approximate surface area is 186 Å². The number of nitrogens with zero attached hydrogens (tertiary/aromatic N) is 4. The van der Waals surface area contributed by atoms with E-state index in [1.807, 2.05) is 11.0 Å². The van der Waals surface area contributed by atoms with Crippen LogP contribution in [0.25, 0.3) is 5.70 Å². The molecule has 0 bridgehead atoms. The summed E-state index contributed by atoms with van der Waals surface area (Å²) in [6.45, 7) is 4.35. The largest absolute Gasteiger partial charge is 0.463 e. The number of carbonyl (C=O) groups excluding carboxylic acids is 1. The number of hydrogen-bond donors (Lipinski definition) is 2. The third kappa shape index (κ3) is 4.55. The zero-order valence-corrected chi connectivity index (χ0v) is 17.7. The smallest absolute Gasteiger partial charge is 0.359 e. The molecule has 2 aromatic rings. The van der Waals surface area contributed by atoms with E-state index in [4.69, 9.17) is 14.5 Å². The van der Waals surface area contributed by atoms with Crippen LogP contribution < -0.4 is 10.6 Å². The number of guanidine groups is 1. The second kappa shape index (κ2) is 9.49. The number of nitriles is 1. The summed E-state index contributed by atoms with van der Waals surface area (Å²) in [5, 5.41) is 15.9. The van der Waals surface area contributed by atoms with E-state index in [2.05, 4.69) is 21.7 Å². The van der Waals surface area contributed by atoms with E-state index in [-0.39, 0.29) is 6.61 Å². The molecule has 0 aliphatic carbocycles. The molecular weight excluding hydrogens is 408 g/mol. The van der Waals surface area contributed by atoms with Crippen LogP contribution in [0.15, 0.2) is 59.9 Å². The number of hydrogen-bond acceptors (Lipinski definition) is 9. The SMILES string of the molecule is CCOC(=O)C1(Nc2ccncc2)C=C(c2cccc(C#N)c2)NC(N2CCOCC2)=N1. The summed E-state index contributed by atoms with van der Waals surface area (Å²) in [7, 11) is 0. The zero-order chi connectivity index (χ0) is 22.4. The van der Waals surface area contributed by atoms with Gasteiger partial charge in [0, 0.05) is 36.9 Å². The molecule has 9 nitrogen and oxygen atoms in total. The standard InChI is InChI=1S/C23H24N6O3/c1-2-32-21(30)23(27-19-6-8-25-9-7-19)15-20(18-5-3-4-17(14-18)16-24)26-22(28-23)29-10-12-31-13-11-29/h3-9,14-15H,2,10-13H2,1H3,(H,25,27)(H,26,28). The van der Waals surface area contributed by atoms with Crippen molar-refractivity contribution in [2.75, 3.05) is 38.2 Å². The molecule has 0 saturated carbocycles. The van der Waals surface area contributed by atoms with Gasteiger partial charge in [0.2, 0.25) is 5.96 Å². The molecule has 0 radical (unpaired) electrons. The topological polar surface area (TPSA) is 112 Å². The Balaban J connectivity index is 1.83. The number of aliphatic imine (C=N–C) groups is 1. The van der Waals surface area contributed by atoms with Crippen molar-refractivity contribution in [2.45, 2.75) is 12.6 Å². The number of rotatable bonds is 5. The number of nitrogens with one attached hydrogen (secondary N) is 2. The van der Waals surface area contributed by atoms with Gasteiger partial charge in [-0.05, 0) is 42.8 Å². The highest BCUT2D eigenvalue weighted by Gasteiger charge is 2.42. The molecule has 1 unspecified atom stereocenters. The van der Waals surface area contributed by atoms with Gasteiger partial charge in [-0.15, -0.1) is 0 Å². The van der Waals surface area contributed by atoms with Crippen molar-refractivity contribution in [2.24, 2.45) is 4.99 Å². The predicted octanol–water partition coefficient (Wildman–Crippen LogP) is 1.96. The van der Waals surface area contributed by atoms with Crippen LogP contribution in [-0.2, 0) is 14.3 Å². The molecule has 1 atom stereocenters. The highest BCUT2D eigenvalue weighted by atomic mass is 16.5. The molecule has 32 heavy (non-hydrogen) atoms. The molecule has 1 aromatic heterocycles. The van der Waals surface area contributed by atoms with Crippen molar-refractivity contribution in [1.82, 2.24) is 15.2 Å². The lowest BCUT2D eigenvalue weighted by atomic mass is 10.0. The number of ether oxygens (including phenoxy) is 2. The van der Waals surface area contributed by atoms with Crippen molar-refractivity contribution in [3.63, 3.8) is 0 Å². The van der Waals surface area contributed by atoms with Crippen molar-refractivity contribution >= 4 is 23.3 Å². The zero-order valence-electron chi connectivity index (χ0n) is 17.7. The van der Waals surface area contributed by atoms with E-state index in [0.29, 0.717) is 49.2 Å². The van der Waals surface area contributed by atoms with E-state index in [1.54, 1.807) is 55.7 Å². The molecule has 1 fully saturated rings. The monoisotopic (exact) mass is 432 g/mol. The minimum atomic E-state index is -1.51. The van der Waals surface area contributed by atoms with Crippen molar-refractivity contribution in [1.29, 1.82) is 5.26 Å². The predicted molar refractivity (Wildman–Crippen MR) is 119 cm³/mol. The number of esters is 1. The van der Waals surface area contributed by atoms with E-state index >= 15 is 0 Å². The molecule has 0 spiro atoms. The van der Waals surface area contributed by atoms with Gasteiger partial charge < -0.3 is 25.0 Å². The Morgan fingerprint density at radius 2 is 2.09 bits per heavy atom. The normalized spacial score (nSPS) is 20.3. The van der Waals surface area contributed by atoms with E-state index in [1.165, 1.54) is 0 Å². The van der Waals surface area contributed by atoms with Crippen LogP contribution >= 0.6 is 0 Å². The summed E-state index contributed by atoms with van der Waals surface area (Å²) >= 11 is 0. The number of aromatic nitrogens is 1. The van der Waals surface area contributed by atoms with Crippen LogP contribution in [0.3, 0.4) is 0 Å². The number of morpholine rings is 1. The summed E-state index contributed by atoms with van der Waals surface area (Å²) < 4.78 is 10.9. The first-order valence-corrected chi connectivity index (χ1v) is 10.4. The number of anilines is 1. The van der Waals surface area contributed by atoms with Gasteiger partial charge in [-0.2, -0.15) is 5.26 Å². The first kappa shape index (κ1) is 21.3. The van der Waals surface area contributed by atoms with Gasteiger partial charge in [0.1, 0.15) is 0 Å². The quantitative estimate of drug-likeness (QED) is 0.690. The van der Waals surface area contributed by atoms with E-state index in [0.717, 1.165) is 5.56 Å². The Morgan fingerprint density at radius 1 is 1.31 bits per heavy atom. The highest BCUT2D eigenvalue weighted by Crippen LogP contribution is 2.28. The van der Waals surface area contributed by atoms with Crippen molar-refractivity contribution < 1.29 is 14.3 Å². The summed E-state index contributed by atoms with van der Waals surface area (Å²) in [5.41, 5.74) is 1.09. The van der Waals surface area contributed by atoms with Crippen molar-refractivity contribution in [3.8, 4) is 6.07 Å². The minimum Gasteiger partial charge on any atom is -0.463 e. The lowest BCUT2D eigenvalue weighted by Crippen LogP contribution is -2.55. The van der Waals surface area contributed by atoms with Crippen LogP contribution in [0.5, 0.6) is 0 Å². The molecule has 2 aliphatic rings. The summed E-state index contributed by atoms with van der Waals surface area (Å²) in [6, 6.07) is 12.9. The third-order valence-electron chi connectivity index (χ3n) is 5.10. The maximum atomic E-state index is 13.3. The molecule has 2 aliphatic heterocycles.